The molecule has 0 heterocycles. The molecule has 0 spiro atoms. The Morgan fingerprint density at radius 1 is 1.31 bits per heavy atom. The largest absolute Gasteiger partial charge is 0.319 e. The lowest BCUT2D eigenvalue weighted by molar-refractivity contribution is -0.126. The summed E-state index contributed by atoms with van der Waals surface area (Å²) in [7, 11) is 0. The minimum atomic E-state index is -0.636. The van der Waals surface area contributed by atoms with Gasteiger partial charge in [0.2, 0.25) is 0 Å². The monoisotopic (exact) mass is 257 g/mol. The molecule has 0 aliphatic heterocycles. The lowest BCUT2D eigenvalue weighted by atomic mass is 9.73. The predicted molar refractivity (Wildman–Crippen MR) is 65.9 cm³/mol. The first kappa shape index (κ1) is 11.9. The summed E-state index contributed by atoms with van der Waals surface area (Å²) in [5.74, 6) is 0.0359. The highest BCUT2D eigenvalue weighted by molar-refractivity contribution is 6.36. The van der Waals surface area contributed by atoms with E-state index in [1.807, 2.05) is 0 Å². The summed E-state index contributed by atoms with van der Waals surface area (Å²) in [6.45, 7) is 0. The van der Waals surface area contributed by atoms with Gasteiger partial charge in [-0.1, -0.05) is 29.3 Å². The summed E-state index contributed by atoms with van der Waals surface area (Å²) < 4.78 is 0. The number of carbonyl (C=O) groups is 1. The molecule has 1 aromatic rings. The Morgan fingerprint density at radius 2 is 1.88 bits per heavy atom. The van der Waals surface area contributed by atoms with E-state index >= 15 is 0 Å². The lowest BCUT2D eigenvalue weighted by Gasteiger charge is -2.36. The Labute approximate surface area is 105 Å². The predicted octanol–water partition coefficient (Wildman–Crippen LogP) is 2.99. The molecule has 16 heavy (non-hydrogen) atoms. The van der Waals surface area contributed by atoms with E-state index in [0.29, 0.717) is 15.6 Å². The molecule has 4 heteroatoms. The standard InChI is InChI=1S/C12H13Cl2NO/c13-9-3-1-4-10(14)8(9)7-11(16)12(15)5-2-6-12/h1,3-4H,2,5-7,15H2. The highest BCUT2D eigenvalue weighted by Gasteiger charge is 2.39. The minimum Gasteiger partial charge on any atom is -0.319 e. The van der Waals surface area contributed by atoms with E-state index in [1.54, 1.807) is 18.2 Å². The number of hydrogen-bond acceptors (Lipinski definition) is 2. The Morgan fingerprint density at radius 3 is 2.31 bits per heavy atom. The first-order chi connectivity index (χ1) is 7.53. The van der Waals surface area contributed by atoms with Gasteiger partial charge in [0.1, 0.15) is 0 Å². The molecule has 0 atom stereocenters. The van der Waals surface area contributed by atoms with Gasteiger partial charge in [0, 0.05) is 16.5 Å². The van der Waals surface area contributed by atoms with Gasteiger partial charge in [-0.05, 0) is 37.0 Å². The van der Waals surface area contributed by atoms with E-state index in [0.717, 1.165) is 19.3 Å². The summed E-state index contributed by atoms with van der Waals surface area (Å²) in [6.07, 6.45) is 2.80. The van der Waals surface area contributed by atoms with Crippen molar-refractivity contribution < 1.29 is 4.79 Å². The highest BCUT2D eigenvalue weighted by Crippen LogP contribution is 2.33. The van der Waals surface area contributed by atoms with Gasteiger partial charge in [-0.15, -0.1) is 0 Å². The van der Waals surface area contributed by atoms with Crippen molar-refractivity contribution in [2.24, 2.45) is 5.73 Å². The molecular formula is C12H13Cl2NO. The highest BCUT2D eigenvalue weighted by atomic mass is 35.5. The van der Waals surface area contributed by atoms with Crippen LogP contribution in [0.1, 0.15) is 24.8 Å². The maximum atomic E-state index is 12.0. The van der Waals surface area contributed by atoms with Crippen molar-refractivity contribution in [3.8, 4) is 0 Å². The van der Waals surface area contributed by atoms with Crippen LogP contribution < -0.4 is 5.73 Å². The van der Waals surface area contributed by atoms with Crippen molar-refractivity contribution in [3.05, 3.63) is 33.8 Å². The Balaban J connectivity index is 2.18. The molecule has 1 aliphatic rings. The third kappa shape index (κ3) is 2.10. The summed E-state index contributed by atoms with van der Waals surface area (Å²) in [4.78, 5) is 12.0. The Hall–Kier alpha value is -0.570. The second-order valence-corrected chi connectivity index (χ2v) is 5.12. The van der Waals surface area contributed by atoms with E-state index in [-0.39, 0.29) is 12.2 Å². The first-order valence-electron chi connectivity index (χ1n) is 5.28. The van der Waals surface area contributed by atoms with Crippen LogP contribution in [0.3, 0.4) is 0 Å². The van der Waals surface area contributed by atoms with Gasteiger partial charge in [0.05, 0.1) is 5.54 Å². The van der Waals surface area contributed by atoms with Gasteiger partial charge < -0.3 is 5.73 Å². The number of nitrogens with two attached hydrogens (primary N) is 1. The van der Waals surface area contributed by atoms with Gasteiger partial charge >= 0.3 is 0 Å². The molecule has 0 amide bonds. The van der Waals surface area contributed by atoms with Crippen LogP contribution >= 0.6 is 23.2 Å². The van der Waals surface area contributed by atoms with Crippen molar-refractivity contribution in [3.63, 3.8) is 0 Å². The molecule has 2 nitrogen and oxygen atoms in total. The summed E-state index contributed by atoms with van der Waals surface area (Å²) in [5.41, 5.74) is 6.01. The number of rotatable bonds is 3. The van der Waals surface area contributed by atoms with Crippen molar-refractivity contribution >= 4 is 29.0 Å². The zero-order valence-electron chi connectivity index (χ0n) is 8.80. The fourth-order valence-corrected chi connectivity index (χ4v) is 2.41. The fraction of sp³-hybridized carbons (Fsp3) is 0.417. The van der Waals surface area contributed by atoms with E-state index < -0.39 is 5.54 Å². The van der Waals surface area contributed by atoms with E-state index in [9.17, 15) is 4.79 Å². The molecule has 0 unspecified atom stereocenters. The number of halogens is 2. The van der Waals surface area contributed by atoms with Gasteiger partial charge in [-0.3, -0.25) is 4.79 Å². The molecule has 0 saturated heterocycles. The van der Waals surface area contributed by atoms with E-state index in [4.69, 9.17) is 28.9 Å². The third-order valence-corrected chi connectivity index (χ3v) is 3.91. The van der Waals surface area contributed by atoms with Crippen LogP contribution in [0.5, 0.6) is 0 Å². The third-order valence-electron chi connectivity index (χ3n) is 3.20. The average Bonchev–Trinajstić information content (AvgIpc) is 2.20. The molecule has 2 N–H and O–H groups in total. The van der Waals surface area contributed by atoms with E-state index in [1.165, 1.54) is 0 Å². The molecule has 1 fully saturated rings. The number of Topliss-reactive ketones (excluding diaryl/α,β-unsaturated/α-hetero) is 1. The average molecular weight is 258 g/mol. The normalized spacial score (nSPS) is 17.9. The van der Waals surface area contributed by atoms with Crippen LogP contribution in [-0.4, -0.2) is 11.3 Å². The topological polar surface area (TPSA) is 43.1 Å². The quantitative estimate of drug-likeness (QED) is 0.905. The summed E-state index contributed by atoms with van der Waals surface area (Å²) in [6, 6.07) is 5.24. The molecule has 1 saturated carbocycles. The Kier molecular flexibility index (Phi) is 3.24. The summed E-state index contributed by atoms with van der Waals surface area (Å²) in [5, 5.41) is 1.06. The van der Waals surface area contributed by atoms with Gasteiger partial charge in [-0.2, -0.15) is 0 Å². The molecule has 0 aromatic heterocycles. The lowest BCUT2D eigenvalue weighted by Crippen LogP contribution is -2.54. The second kappa shape index (κ2) is 4.36. The van der Waals surface area contributed by atoms with Crippen LogP contribution in [0.15, 0.2) is 18.2 Å². The van der Waals surface area contributed by atoms with Crippen LogP contribution in [0.4, 0.5) is 0 Å². The number of benzene rings is 1. The SMILES string of the molecule is NC1(C(=O)Cc2c(Cl)cccc2Cl)CCC1. The maximum absolute atomic E-state index is 12.0. The summed E-state index contributed by atoms with van der Waals surface area (Å²) >= 11 is 12.0. The number of hydrogen-bond donors (Lipinski definition) is 1. The van der Waals surface area contributed by atoms with E-state index in [2.05, 4.69) is 0 Å². The molecule has 86 valence electrons. The van der Waals surface area contributed by atoms with Crippen molar-refractivity contribution in [1.29, 1.82) is 0 Å². The van der Waals surface area contributed by atoms with Gasteiger partial charge in [0.15, 0.2) is 5.78 Å². The number of ketones is 1. The number of carbonyl (C=O) groups excluding carboxylic acids is 1. The van der Waals surface area contributed by atoms with Crippen LogP contribution in [0, 0.1) is 0 Å². The molecule has 2 rings (SSSR count). The molecule has 1 aliphatic carbocycles. The molecule has 0 bridgehead atoms. The van der Waals surface area contributed by atoms with Crippen LogP contribution in [0.25, 0.3) is 0 Å². The fourth-order valence-electron chi connectivity index (χ4n) is 1.87. The second-order valence-electron chi connectivity index (χ2n) is 4.31. The van der Waals surface area contributed by atoms with Gasteiger partial charge in [-0.25, -0.2) is 0 Å². The first-order valence-corrected chi connectivity index (χ1v) is 6.03. The maximum Gasteiger partial charge on any atom is 0.157 e. The van der Waals surface area contributed by atoms with Crippen LogP contribution in [-0.2, 0) is 11.2 Å². The van der Waals surface area contributed by atoms with Crippen molar-refractivity contribution in [2.45, 2.75) is 31.2 Å². The van der Waals surface area contributed by atoms with Crippen LogP contribution in [0.2, 0.25) is 10.0 Å². The van der Waals surface area contributed by atoms with Crippen molar-refractivity contribution in [1.82, 2.24) is 0 Å². The van der Waals surface area contributed by atoms with Crippen molar-refractivity contribution in [2.75, 3.05) is 0 Å². The molecular weight excluding hydrogens is 245 g/mol. The van der Waals surface area contributed by atoms with Gasteiger partial charge in [0.25, 0.3) is 0 Å². The zero-order valence-corrected chi connectivity index (χ0v) is 10.3. The molecule has 1 aromatic carbocycles. The Bertz CT molecular complexity index is 407. The smallest absolute Gasteiger partial charge is 0.157 e. The zero-order chi connectivity index (χ0) is 11.8. The molecule has 0 radical (unpaired) electrons. The minimum absolute atomic E-state index is 0.0359.